The van der Waals surface area contributed by atoms with Gasteiger partial charge < -0.3 is 14.6 Å². The molecule has 1 aromatic heterocycles. The second kappa shape index (κ2) is 10.0. The smallest absolute Gasteiger partial charge is 0.224 e. The van der Waals surface area contributed by atoms with E-state index in [0.717, 1.165) is 28.0 Å². The maximum Gasteiger partial charge on any atom is 0.224 e. The van der Waals surface area contributed by atoms with E-state index in [-0.39, 0.29) is 5.91 Å². The van der Waals surface area contributed by atoms with E-state index in [4.69, 9.17) is 9.72 Å². The molecule has 0 spiro atoms. The van der Waals surface area contributed by atoms with Crippen LogP contribution in [0.3, 0.4) is 0 Å². The number of fused-ring (bicyclic) bond motifs is 1. The standard InChI is InChI=1S/C26H27N3O2/c1-2-31-17-16-29-24-11-7-6-10-23(24)28-25(29)19-27-26(30)18-20-12-14-22(15-13-20)21-8-4-3-5-9-21/h3-15H,2,16-19H2,1H3,(H,27,30). The number of carbonyl (C=O) groups is 1. The van der Waals surface area contributed by atoms with Gasteiger partial charge >= 0.3 is 0 Å². The van der Waals surface area contributed by atoms with Crippen molar-refractivity contribution >= 4 is 16.9 Å². The number of hydrogen-bond acceptors (Lipinski definition) is 3. The van der Waals surface area contributed by atoms with Crippen molar-refractivity contribution in [2.75, 3.05) is 13.2 Å². The van der Waals surface area contributed by atoms with Gasteiger partial charge in [0.1, 0.15) is 5.82 Å². The molecule has 1 heterocycles. The van der Waals surface area contributed by atoms with Crippen molar-refractivity contribution in [1.29, 1.82) is 0 Å². The van der Waals surface area contributed by atoms with E-state index in [2.05, 4.69) is 34.1 Å². The molecular formula is C26H27N3O2. The number of carbonyl (C=O) groups excluding carboxylic acids is 1. The summed E-state index contributed by atoms with van der Waals surface area (Å²) in [6.45, 7) is 4.38. The van der Waals surface area contributed by atoms with Crippen LogP contribution in [-0.4, -0.2) is 28.7 Å². The quantitative estimate of drug-likeness (QED) is 0.408. The van der Waals surface area contributed by atoms with Gasteiger partial charge in [-0.3, -0.25) is 4.79 Å². The molecule has 0 aliphatic carbocycles. The minimum atomic E-state index is -0.0177. The number of benzene rings is 3. The Morgan fingerprint density at radius 2 is 1.65 bits per heavy atom. The van der Waals surface area contributed by atoms with Crippen molar-refractivity contribution in [2.45, 2.75) is 26.4 Å². The van der Waals surface area contributed by atoms with Crippen LogP contribution in [0.1, 0.15) is 18.3 Å². The largest absolute Gasteiger partial charge is 0.380 e. The Labute approximate surface area is 182 Å². The topological polar surface area (TPSA) is 56.1 Å². The molecule has 0 fully saturated rings. The van der Waals surface area contributed by atoms with Crippen LogP contribution in [0.2, 0.25) is 0 Å². The molecule has 0 saturated carbocycles. The van der Waals surface area contributed by atoms with Crippen LogP contribution in [-0.2, 0) is 29.0 Å². The molecular weight excluding hydrogens is 386 g/mol. The minimum Gasteiger partial charge on any atom is -0.380 e. The molecule has 158 valence electrons. The fourth-order valence-corrected chi connectivity index (χ4v) is 3.68. The normalized spacial score (nSPS) is 11.0. The molecule has 4 rings (SSSR count). The highest BCUT2D eigenvalue weighted by atomic mass is 16.5. The van der Waals surface area contributed by atoms with E-state index in [0.29, 0.717) is 32.7 Å². The number of para-hydroxylation sites is 2. The Hall–Kier alpha value is -3.44. The third-order valence-corrected chi connectivity index (χ3v) is 5.27. The number of ether oxygens (including phenoxy) is 1. The summed E-state index contributed by atoms with van der Waals surface area (Å²) in [4.78, 5) is 17.3. The second-order valence-corrected chi connectivity index (χ2v) is 7.38. The maximum absolute atomic E-state index is 12.6. The zero-order valence-corrected chi connectivity index (χ0v) is 17.8. The minimum absolute atomic E-state index is 0.0177. The first-order valence-corrected chi connectivity index (χ1v) is 10.7. The highest BCUT2D eigenvalue weighted by molar-refractivity contribution is 5.79. The van der Waals surface area contributed by atoms with Crippen molar-refractivity contribution in [3.05, 3.63) is 90.3 Å². The van der Waals surface area contributed by atoms with E-state index >= 15 is 0 Å². The zero-order chi connectivity index (χ0) is 21.5. The number of imidazole rings is 1. The number of rotatable bonds is 9. The molecule has 1 amide bonds. The Kier molecular flexibility index (Phi) is 6.75. The summed E-state index contributed by atoms with van der Waals surface area (Å²) >= 11 is 0. The molecule has 0 radical (unpaired) electrons. The number of aromatic nitrogens is 2. The molecule has 5 heteroatoms. The Bertz CT molecular complexity index is 1130. The van der Waals surface area contributed by atoms with E-state index in [1.165, 1.54) is 5.56 Å². The summed E-state index contributed by atoms with van der Waals surface area (Å²) in [5.74, 6) is 0.824. The molecule has 0 aliphatic rings. The lowest BCUT2D eigenvalue weighted by Crippen LogP contribution is -2.26. The molecule has 0 aliphatic heterocycles. The molecule has 4 aromatic rings. The average molecular weight is 414 g/mol. The molecule has 0 saturated heterocycles. The van der Waals surface area contributed by atoms with Gasteiger partial charge in [-0.1, -0.05) is 66.7 Å². The van der Waals surface area contributed by atoms with E-state index < -0.39 is 0 Å². The van der Waals surface area contributed by atoms with Gasteiger partial charge in [0.05, 0.1) is 30.6 Å². The summed E-state index contributed by atoms with van der Waals surface area (Å²) in [6.07, 6.45) is 0.342. The van der Waals surface area contributed by atoms with Crippen LogP contribution in [0.4, 0.5) is 0 Å². The van der Waals surface area contributed by atoms with Crippen molar-refractivity contribution < 1.29 is 9.53 Å². The predicted molar refractivity (Wildman–Crippen MR) is 124 cm³/mol. The summed E-state index contributed by atoms with van der Waals surface area (Å²) in [5.41, 5.74) is 5.29. The molecule has 31 heavy (non-hydrogen) atoms. The number of hydrogen-bond donors (Lipinski definition) is 1. The van der Waals surface area contributed by atoms with Crippen LogP contribution in [0, 0.1) is 0 Å². The highest BCUT2D eigenvalue weighted by Gasteiger charge is 2.12. The van der Waals surface area contributed by atoms with Crippen LogP contribution >= 0.6 is 0 Å². The average Bonchev–Trinajstić information content (AvgIpc) is 3.16. The summed E-state index contributed by atoms with van der Waals surface area (Å²) < 4.78 is 7.65. The van der Waals surface area contributed by atoms with Crippen molar-refractivity contribution in [3.63, 3.8) is 0 Å². The van der Waals surface area contributed by atoms with Gasteiger partial charge in [-0.2, -0.15) is 0 Å². The van der Waals surface area contributed by atoms with Gasteiger partial charge in [-0.25, -0.2) is 4.98 Å². The predicted octanol–water partition coefficient (Wildman–Crippen LogP) is 4.60. The molecule has 5 nitrogen and oxygen atoms in total. The van der Waals surface area contributed by atoms with Crippen LogP contribution in [0.25, 0.3) is 22.2 Å². The summed E-state index contributed by atoms with van der Waals surface area (Å²) in [5, 5.41) is 3.02. The van der Waals surface area contributed by atoms with Gasteiger partial charge in [-0.15, -0.1) is 0 Å². The monoisotopic (exact) mass is 413 g/mol. The van der Waals surface area contributed by atoms with Crippen molar-refractivity contribution in [1.82, 2.24) is 14.9 Å². The zero-order valence-electron chi connectivity index (χ0n) is 17.8. The van der Waals surface area contributed by atoms with Crippen molar-refractivity contribution in [3.8, 4) is 11.1 Å². The lowest BCUT2D eigenvalue weighted by atomic mass is 10.0. The van der Waals surface area contributed by atoms with Crippen LogP contribution < -0.4 is 5.32 Å². The number of nitrogens with one attached hydrogen (secondary N) is 1. The van der Waals surface area contributed by atoms with Gasteiger partial charge in [0, 0.05) is 13.2 Å². The van der Waals surface area contributed by atoms with Crippen molar-refractivity contribution in [2.24, 2.45) is 0 Å². The third kappa shape index (κ3) is 5.19. The first-order valence-electron chi connectivity index (χ1n) is 10.7. The molecule has 0 bridgehead atoms. The van der Waals surface area contributed by atoms with E-state index in [9.17, 15) is 4.79 Å². The lowest BCUT2D eigenvalue weighted by molar-refractivity contribution is -0.120. The Morgan fingerprint density at radius 3 is 2.42 bits per heavy atom. The third-order valence-electron chi connectivity index (χ3n) is 5.27. The first kappa shape index (κ1) is 20.8. The Morgan fingerprint density at radius 1 is 0.935 bits per heavy atom. The van der Waals surface area contributed by atoms with Gasteiger partial charge in [0.15, 0.2) is 0 Å². The maximum atomic E-state index is 12.6. The Balaban J connectivity index is 1.39. The first-order chi connectivity index (χ1) is 15.2. The summed E-state index contributed by atoms with van der Waals surface area (Å²) in [6, 6.07) is 26.4. The fraction of sp³-hybridized carbons (Fsp3) is 0.231. The van der Waals surface area contributed by atoms with Gasteiger partial charge in [-0.05, 0) is 35.7 Å². The SMILES string of the molecule is CCOCCn1c(CNC(=O)Cc2ccc(-c3ccccc3)cc2)nc2ccccc21. The second-order valence-electron chi connectivity index (χ2n) is 7.38. The highest BCUT2D eigenvalue weighted by Crippen LogP contribution is 2.19. The number of nitrogens with zero attached hydrogens (tertiary/aromatic N) is 2. The molecule has 1 N–H and O–H groups in total. The van der Waals surface area contributed by atoms with E-state index in [1.807, 2.05) is 61.5 Å². The molecule has 0 unspecified atom stereocenters. The fourth-order valence-electron chi connectivity index (χ4n) is 3.68. The summed E-state index contributed by atoms with van der Waals surface area (Å²) in [7, 11) is 0. The lowest BCUT2D eigenvalue weighted by Gasteiger charge is -2.10. The van der Waals surface area contributed by atoms with Gasteiger partial charge in [0.2, 0.25) is 5.91 Å². The number of amides is 1. The van der Waals surface area contributed by atoms with Crippen LogP contribution in [0.5, 0.6) is 0 Å². The molecule has 3 aromatic carbocycles. The van der Waals surface area contributed by atoms with Gasteiger partial charge in [0.25, 0.3) is 0 Å². The molecule has 0 atom stereocenters. The van der Waals surface area contributed by atoms with E-state index in [1.54, 1.807) is 0 Å². The van der Waals surface area contributed by atoms with Crippen LogP contribution in [0.15, 0.2) is 78.9 Å².